The van der Waals surface area contributed by atoms with Crippen molar-refractivity contribution in [2.75, 3.05) is 47.5 Å². The summed E-state index contributed by atoms with van der Waals surface area (Å²) in [5.41, 5.74) is 0. The number of esters is 2. The summed E-state index contributed by atoms with van der Waals surface area (Å²) in [5.74, 6) is -0.892. The predicted octanol–water partition coefficient (Wildman–Crippen LogP) is 9.73. The van der Waals surface area contributed by atoms with Gasteiger partial charge in [0.15, 0.2) is 6.10 Å². The normalized spacial score (nSPS) is 14.5. The Labute approximate surface area is 298 Å². The van der Waals surface area contributed by atoms with Gasteiger partial charge in [0.1, 0.15) is 19.8 Å². The molecule has 10 heteroatoms. The SMILES string of the molecule is CC/C=C/C=C/C=C/C=C/C=C/CCCC(=O)OC(COC(=O)CCCCCCCCCCCCCC)COP(=O)(O)OCC[N+](C)(C)C. The molecule has 49 heavy (non-hydrogen) atoms. The fourth-order valence-corrected chi connectivity index (χ4v) is 5.25. The lowest BCUT2D eigenvalue weighted by Crippen LogP contribution is -2.37. The Kier molecular flexibility index (Phi) is 30.2. The number of carbonyl (C=O) groups is 2. The molecule has 0 aromatic rings. The van der Waals surface area contributed by atoms with Crippen molar-refractivity contribution in [2.45, 2.75) is 129 Å². The van der Waals surface area contributed by atoms with Gasteiger partial charge in [0.2, 0.25) is 0 Å². The standard InChI is InChI=1S/C39H68NO8P/c1-6-8-10-12-14-16-18-20-22-24-26-28-30-32-39(42)48-37(36-47-49(43,44)46-34-33-40(3,4)5)35-45-38(41)31-29-27-25-23-21-19-17-15-13-11-9-7-2/h8,10,12,14,16,18,20,22,24,26,37H,6-7,9,11,13,15,17,19,21,23,25,27-36H2,1-5H3/p+1/b10-8+,14-12+,18-16+,22-20+,26-24+. The van der Waals surface area contributed by atoms with Crippen LogP contribution < -0.4 is 0 Å². The molecular weight excluding hydrogens is 641 g/mol. The van der Waals surface area contributed by atoms with E-state index in [1.54, 1.807) is 0 Å². The van der Waals surface area contributed by atoms with Crippen molar-refractivity contribution >= 4 is 19.8 Å². The fourth-order valence-electron chi connectivity index (χ4n) is 4.51. The first-order valence-electron chi connectivity index (χ1n) is 18.6. The lowest BCUT2D eigenvalue weighted by molar-refractivity contribution is -0.870. The van der Waals surface area contributed by atoms with Gasteiger partial charge in [-0.1, -0.05) is 145 Å². The molecule has 2 unspecified atom stereocenters. The zero-order chi connectivity index (χ0) is 36.5. The van der Waals surface area contributed by atoms with Crippen molar-refractivity contribution < 1.29 is 42.1 Å². The molecular formula is C39H69NO8P+. The summed E-state index contributed by atoms with van der Waals surface area (Å²) in [6, 6.07) is 0. The number of hydrogen-bond donors (Lipinski definition) is 1. The lowest BCUT2D eigenvalue weighted by Gasteiger charge is -2.24. The lowest BCUT2D eigenvalue weighted by atomic mass is 10.0. The van der Waals surface area contributed by atoms with Gasteiger partial charge in [-0.05, 0) is 25.7 Å². The summed E-state index contributed by atoms with van der Waals surface area (Å²) < 4.78 is 34.0. The van der Waals surface area contributed by atoms with Crippen LogP contribution in [0.1, 0.15) is 123 Å². The first kappa shape index (κ1) is 46.7. The molecule has 0 radical (unpaired) electrons. The Morgan fingerprint density at radius 3 is 1.71 bits per heavy atom. The number of rotatable bonds is 32. The predicted molar refractivity (Wildman–Crippen MR) is 201 cm³/mol. The van der Waals surface area contributed by atoms with Gasteiger partial charge in [-0.25, -0.2) is 4.57 Å². The van der Waals surface area contributed by atoms with Gasteiger partial charge in [-0.3, -0.25) is 18.6 Å². The Morgan fingerprint density at radius 1 is 0.653 bits per heavy atom. The van der Waals surface area contributed by atoms with E-state index in [-0.39, 0.29) is 26.1 Å². The molecule has 9 nitrogen and oxygen atoms in total. The van der Waals surface area contributed by atoms with Crippen molar-refractivity contribution in [3.8, 4) is 0 Å². The van der Waals surface area contributed by atoms with Gasteiger partial charge in [0.25, 0.3) is 0 Å². The fraction of sp³-hybridized carbons (Fsp3) is 0.692. The van der Waals surface area contributed by atoms with E-state index in [9.17, 15) is 19.0 Å². The van der Waals surface area contributed by atoms with Crippen LogP contribution in [0.25, 0.3) is 0 Å². The topological polar surface area (TPSA) is 108 Å². The van der Waals surface area contributed by atoms with E-state index in [2.05, 4.69) is 19.9 Å². The van der Waals surface area contributed by atoms with E-state index < -0.39 is 32.5 Å². The summed E-state index contributed by atoms with van der Waals surface area (Å²) in [4.78, 5) is 35.1. The Bertz CT molecular complexity index is 1030. The van der Waals surface area contributed by atoms with Crippen LogP contribution in [0.4, 0.5) is 0 Å². The summed E-state index contributed by atoms with van der Waals surface area (Å²) in [6.07, 6.45) is 35.7. The number of phosphoric acid groups is 1. The Hall–Kier alpha value is -2.29. The van der Waals surface area contributed by atoms with E-state index >= 15 is 0 Å². The number of carbonyl (C=O) groups excluding carboxylic acids is 2. The molecule has 1 N–H and O–H groups in total. The number of nitrogens with zero attached hydrogens (tertiary/aromatic N) is 1. The van der Waals surface area contributed by atoms with Crippen LogP contribution in [0.5, 0.6) is 0 Å². The second kappa shape index (κ2) is 31.7. The number of hydrogen-bond acceptors (Lipinski definition) is 7. The highest BCUT2D eigenvalue weighted by Gasteiger charge is 2.27. The molecule has 2 atom stereocenters. The van der Waals surface area contributed by atoms with Gasteiger partial charge >= 0.3 is 19.8 Å². The van der Waals surface area contributed by atoms with E-state index in [0.29, 0.717) is 23.9 Å². The Morgan fingerprint density at radius 2 is 1.16 bits per heavy atom. The third kappa shape index (κ3) is 35.3. The van der Waals surface area contributed by atoms with Crippen molar-refractivity contribution in [1.29, 1.82) is 0 Å². The van der Waals surface area contributed by atoms with Crippen molar-refractivity contribution in [3.05, 3.63) is 60.8 Å². The van der Waals surface area contributed by atoms with E-state index in [1.807, 2.05) is 75.8 Å². The van der Waals surface area contributed by atoms with Gasteiger partial charge in [0.05, 0.1) is 27.7 Å². The van der Waals surface area contributed by atoms with Crippen LogP contribution in [0.15, 0.2) is 60.8 Å². The van der Waals surface area contributed by atoms with Crippen LogP contribution in [-0.2, 0) is 32.7 Å². The molecule has 0 bridgehead atoms. The third-order valence-corrected chi connectivity index (χ3v) is 8.42. The second-order valence-corrected chi connectivity index (χ2v) is 14.8. The number of likely N-dealkylation sites (N-methyl/N-ethyl adjacent to an activating group) is 1. The molecule has 0 heterocycles. The van der Waals surface area contributed by atoms with E-state index in [0.717, 1.165) is 25.7 Å². The number of quaternary nitrogens is 1. The molecule has 0 fully saturated rings. The summed E-state index contributed by atoms with van der Waals surface area (Å²) >= 11 is 0. The van der Waals surface area contributed by atoms with Gasteiger partial charge in [0, 0.05) is 12.8 Å². The highest BCUT2D eigenvalue weighted by molar-refractivity contribution is 7.47. The molecule has 0 aromatic heterocycles. The van der Waals surface area contributed by atoms with Gasteiger partial charge in [-0.15, -0.1) is 0 Å². The minimum absolute atomic E-state index is 0.0163. The molecule has 0 aliphatic heterocycles. The van der Waals surface area contributed by atoms with E-state index in [1.165, 1.54) is 57.8 Å². The smallest absolute Gasteiger partial charge is 0.462 e. The third-order valence-electron chi connectivity index (χ3n) is 7.44. The minimum Gasteiger partial charge on any atom is -0.462 e. The number of allylic oxidation sites excluding steroid dienone is 10. The van der Waals surface area contributed by atoms with Crippen LogP contribution in [0.2, 0.25) is 0 Å². The van der Waals surface area contributed by atoms with E-state index in [4.69, 9.17) is 18.5 Å². The van der Waals surface area contributed by atoms with Crippen LogP contribution in [0, 0.1) is 0 Å². The maximum Gasteiger partial charge on any atom is 0.472 e. The van der Waals surface area contributed by atoms with Gasteiger partial charge < -0.3 is 18.9 Å². The maximum absolute atomic E-state index is 12.6. The van der Waals surface area contributed by atoms with Gasteiger partial charge in [-0.2, -0.15) is 0 Å². The average Bonchev–Trinajstić information content (AvgIpc) is 3.04. The minimum atomic E-state index is -4.39. The molecule has 0 spiro atoms. The first-order valence-corrected chi connectivity index (χ1v) is 20.1. The first-order chi connectivity index (χ1) is 23.5. The molecule has 0 aromatic carbocycles. The van der Waals surface area contributed by atoms with Crippen LogP contribution >= 0.6 is 7.82 Å². The maximum atomic E-state index is 12.6. The number of ether oxygens (including phenoxy) is 2. The monoisotopic (exact) mass is 710 g/mol. The largest absolute Gasteiger partial charge is 0.472 e. The van der Waals surface area contributed by atoms with Crippen molar-refractivity contribution in [2.24, 2.45) is 0 Å². The zero-order valence-electron chi connectivity index (χ0n) is 31.4. The molecule has 0 rings (SSSR count). The zero-order valence-corrected chi connectivity index (χ0v) is 32.3. The molecule has 0 aliphatic rings. The van der Waals surface area contributed by atoms with Crippen LogP contribution in [0.3, 0.4) is 0 Å². The molecule has 0 saturated carbocycles. The molecule has 0 amide bonds. The van der Waals surface area contributed by atoms with Crippen molar-refractivity contribution in [1.82, 2.24) is 0 Å². The Balaban J connectivity index is 4.60. The number of unbranched alkanes of at least 4 members (excludes halogenated alkanes) is 12. The summed E-state index contributed by atoms with van der Waals surface area (Å²) in [7, 11) is 1.42. The quantitative estimate of drug-likeness (QED) is 0.0242. The second-order valence-electron chi connectivity index (χ2n) is 13.4. The van der Waals surface area contributed by atoms with Crippen LogP contribution in [-0.4, -0.2) is 74.9 Å². The highest BCUT2D eigenvalue weighted by atomic mass is 31.2. The highest BCUT2D eigenvalue weighted by Crippen LogP contribution is 2.43. The molecule has 0 aliphatic carbocycles. The number of phosphoric ester groups is 1. The molecule has 282 valence electrons. The van der Waals surface area contributed by atoms with Crippen molar-refractivity contribution in [3.63, 3.8) is 0 Å². The summed E-state index contributed by atoms with van der Waals surface area (Å²) in [5, 5.41) is 0. The average molecular weight is 711 g/mol. The summed E-state index contributed by atoms with van der Waals surface area (Å²) in [6.45, 7) is 4.15. The molecule has 0 saturated heterocycles.